The van der Waals surface area contributed by atoms with Crippen LogP contribution in [0.3, 0.4) is 0 Å². The lowest BCUT2D eigenvalue weighted by molar-refractivity contribution is -0.107. The lowest BCUT2D eigenvalue weighted by Gasteiger charge is -2.33. The summed E-state index contributed by atoms with van der Waals surface area (Å²) in [5.41, 5.74) is 3.73. The molecule has 23 heavy (non-hydrogen) atoms. The summed E-state index contributed by atoms with van der Waals surface area (Å²) in [6.45, 7) is 3.25. The molecule has 0 N–H and O–H groups in total. The molecule has 3 heteroatoms. The van der Waals surface area contributed by atoms with Crippen LogP contribution >= 0.6 is 0 Å². The van der Waals surface area contributed by atoms with Crippen LogP contribution in [0.2, 0.25) is 0 Å². The first-order valence-electron chi connectivity index (χ1n) is 8.31. The monoisotopic (exact) mass is 308 g/mol. The zero-order valence-electron chi connectivity index (χ0n) is 13.7. The molecule has 3 rings (SSSR count). The minimum absolute atomic E-state index is 0.542. The maximum atomic E-state index is 11.1. The number of hydrogen-bond donors (Lipinski definition) is 0. The Labute approximate surface area is 138 Å². The Morgan fingerprint density at radius 3 is 2.39 bits per heavy atom. The lowest BCUT2D eigenvalue weighted by Crippen LogP contribution is -2.33. The van der Waals surface area contributed by atoms with Crippen molar-refractivity contribution >= 4 is 12.1 Å². The Bertz CT molecular complexity index is 633. The van der Waals surface area contributed by atoms with Crippen molar-refractivity contribution in [3.8, 4) is 0 Å². The number of hydrogen-bond acceptors (Lipinski definition) is 2. The molecule has 0 saturated carbocycles. The fourth-order valence-electron chi connectivity index (χ4n) is 3.45. The third-order valence-electron chi connectivity index (χ3n) is 4.75. The Balaban J connectivity index is 1.64. The quantitative estimate of drug-likeness (QED) is 0.787. The van der Waals surface area contributed by atoms with E-state index in [1.807, 2.05) is 19.2 Å². The Morgan fingerprint density at radius 2 is 1.70 bits per heavy atom. The van der Waals surface area contributed by atoms with Gasteiger partial charge in [0.15, 0.2) is 0 Å². The molecule has 1 heterocycles. The molecule has 3 nitrogen and oxygen atoms in total. The van der Waals surface area contributed by atoms with Gasteiger partial charge >= 0.3 is 0 Å². The van der Waals surface area contributed by atoms with E-state index in [0.29, 0.717) is 5.92 Å². The molecule has 1 saturated heterocycles. The number of para-hydroxylation sites is 1. The second-order valence-corrected chi connectivity index (χ2v) is 6.31. The van der Waals surface area contributed by atoms with Crippen molar-refractivity contribution in [3.63, 3.8) is 0 Å². The highest BCUT2D eigenvalue weighted by Gasteiger charge is 2.23. The van der Waals surface area contributed by atoms with Crippen LogP contribution in [0.5, 0.6) is 0 Å². The highest BCUT2D eigenvalue weighted by Crippen LogP contribution is 2.34. The molecule has 0 bridgehead atoms. The molecule has 0 atom stereocenters. The summed E-state index contributed by atoms with van der Waals surface area (Å²) in [6.07, 6.45) is 3.19. The van der Waals surface area contributed by atoms with Crippen molar-refractivity contribution in [2.75, 3.05) is 25.0 Å². The Hall–Kier alpha value is -2.13. The molecule has 0 aliphatic carbocycles. The first-order valence-corrected chi connectivity index (χ1v) is 8.31. The summed E-state index contributed by atoms with van der Waals surface area (Å²) in [4.78, 5) is 15.3. The van der Waals surface area contributed by atoms with E-state index >= 15 is 0 Å². The molecule has 0 unspecified atom stereocenters. The van der Waals surface area contributed by atoms with Crippen molar-refractivity contribution in [3.05, 3.63) is 65.7 Å². The predicted octanol–water partition coefficient (Wildman–Crippen LogP) is 3.66. The molecule has 1 aliphatic rings. The van der Waals surface area contributed by atoms with Crippen LogP contribution in [0.25, 0.3) is 0 Å². The number of piperidine rings is 1. The summed E-state index contributed by atoms with van der Waals surface area (Å²) in [5.74, 6) is 0.542. The zero-order valence-corrected chi connectivity index (χ0v) is 13.7. The average Bonchev–Trinajstić information content (AvgIpc) is 2.62. The summed E-state index contributed by atoms with van der Waals surface area (Å²) in [5, 5.41) is 0. The largest absolute Gasteiger partial charge is 0.318 e. The standard InChI is InChI=1S/C20H24N2O/c1-21(16-23)20-10-6-5-9-19(20)18-11-13-22(14-12-18)15-17-7-3-2-4-8-17/h2-10,16,18H,11-15H2,1H3. The maximum Gasteiger partial charge on any atom is 0.213 e. The molecule has 0 spiro atoms. The van der Waals surface area contributed by atoms with Crippen LogP contribution < -0.4 is 4.90 Å². The molecular formula is C20H24N2O. The van der Waals surface area contributed by atoms with Crippen LogP contribution in [-0.4, -0.2) is 31.4 Å². The van der Waals surface area contributed by atoms with Crippen molar-refractivity contribution < 1.29 is 4.79 Å². The van der Waals surface area contributed by atoms with Gasteiger partial charge in [-0.3, -0.25) is 9.69 Å². The number of anilines is 1. The molecule has 120 valence electrons. The van der Waals surface area contributed by atoms with E-state index in [1.54, 1.807) is 4.90 Å². The molecule has 0 radical (unpaired) electrons. The van der Waals surface area contributed by atoms with Crippen LogP contribution in [0.1, 0.15) is 29.9 Å². The zero-order chi connectivity index (χ0) is 16.1. The highest BCUT2D eigenvalue weighted by atomic mass is 16.1. The summed E-state index contributed by atoms with van der Waals surface area (Å²) in [6, 6.07) is 19.0. The normalized spacial score (nSPS) is 16.2. The number of nitrogens with zero attached hydrogens (tertiary/aromatic N) is 2. The predicted molar refractivity (Wildman–Crippen MR) is 94.6 cm³/mol. The van der Waals surface area contributed by atoms with Crippen molar-refractivity contribution in [1.29, 1.82) is 0 Å². The summed E-state index contributed by atoms with van der Waals surface area (Å²) in [7, 11) is 1.83. The number of rotatable bonds is 5. The first kappa shape index (κ1) is 15.8. The van der Waals surface area contributed by atoms with Crippen molar-refractivity contribution in [2.45, 2.75) is 25.3 Å². The van der Waals surface area contributed by atoms with E-state index in [9.17, 15) is 4.79 Å². The third kappa shape index (κ3) is 3.80. The number of likely N-dealkylation sites (tertiary alicyclic amines) is 1. The van der Waals surface area contributed by atoms with Crippen LogP contribution in [0.4, 0.5) is 5.69 Å². The van der Waals surface area contributed by atoms with Gasteiger partial charge < -0.3 is 4.90 Å². The topological polar surface area (TPSA) is 23.6 Å². The molecule has 1 aliphatic heterocycles. The second-order valence-electron chi connectivity index (χ2n) is 6.31. The minimum Gasteiger partial charge on any atom is -0.318 e. The summed E-state index contributed by atoms with van der Waals surface area (Å²) < 4.78 is 0. The van der Waals surface area contributed by atoms with Crippen LogP contribution in [0.15, 0.2) is 54.6 Å². The van der Waals surface area contributed by atoms with Gasteiger partial charge in [0, 0.05) is 19.3 Å². The first-order chi connectivity index (χ1) is 11.3. The van der Waals surface area contributed by atoms with Crippen LogP contribution in [-0.2, 0) is 11.3 Å². The van der Waals surface area contributed by atoms with Gasteiger partial charge in [0.2, 0.25) is 6.41 Å². The van der Waals surface area contributed by atoms with E-state index in [-0.39, 0.29) is 0 Å². The minimum atomic E-state index is 0.542. The van der Waals surface area contributed by atoms with Gasteiger partial charge in [0.25, 0.3) is 0 Å². The molecular weight excluding hydrogens is 284 g/mol. The highest BCUT2D eigenvalue weighted by molar-refractivity contribution is 5.76. The van der Waals surface area contributed by atoms with Crippen molar-refractivity contribution in [1.82, 2.24) is 4.90 Å². The smallest absolute Gasteiger partial charge is 0.213 e. The van der Waals surface area contributed by atoms with Gasteiger partial charge in [-0.1, -0.05) is 48.5 Å². The number of benzene rings is 2. The van der Waals surface area contributed by atoms with Gasteiger partial charge in [0.1, 0.15) is 0 Å². The van der Waals surface area contributed by atoms with E-state index in [2.05, 4.69) is 47.4 Å². The lowest BCUT2D eigenvalue weighted by atomic mass is 9.88. The average molecular weight is 308 g/mol. The molecule has 0 aromatic heterocycles. The van der Waals surface area contributed by atoms with Gasteiger partial charge in [-0.15, -0.1) is 0 Å². The van der Waals surface area contributed by atoms with E-state index in [1.165, 1.54) is 11.1 Å². The molecule has 2 aromatic rings. The van der Waals surface area contributed by atoms with Gasteiger partial charge in [0.05, 0.1) is 0 Å². The Morgan fingerprint density at radius 1 is 1.04 bits per heavy atom. The fourth-order valence-corrected chi connectivity index (χ4v) is 3.45. The van der Waals surface area contributed by atoms with Gasteiger partial charge in [-0.25, -0.2) is 0 Å². The molecule has 2 aromatic carbocycles. The SMILES string of the molecule is CN(C=O)c1ccccc1C1CCN(Cc2ccccc2)CC1. The van der Waals surface area contributed by atoms with E-state index in [0.717, 1.165) is 44.6 Å². The van der Waals surface area contributed by atoms with E-state index < -0.39 is 0 Å². The van der Waals surface area contributed by atoms with E-state index in [4.69, 9.17) is 0 Å². The molecule has 1 amide bonds. The number of amides is 1. The van der Waals surface area contributed by atoms with Gasteiger partial charge in [-0.2, -0.15) is 0 Å². The maximum absolute atomic E-state index is 11.1. The number of carbonyl (C=O) groups excluding carboxylic acids is 1. The molecule has 1 fully saturated rings. The fraction of sp³-hybridized carbons (Fsp3) is 0.350. The van der Waals surface area contributed by atoms with Gasteiger partial charge in [-0.05, 0) is 49.0 Å². The summed E-state index contributed by atoms with van der Waals surface area (Å²) >= 11 is 0. The number of carbonyl (C=O) groups is 1. The van der Waals surface area contributed by atoms with Crippen LogP contribution in [0, 0.1) is 0 Å². The van der Waals surface area contributed by atoms with Crippen molar-refractivity contribution in [2.24, 2.45) is 0 Å². The third-order valence-corrected chi connectivity index (χ3v) is 4.75. The Kier molecular flexibility index (Phi) is 5.09. The second kappa shape index (κ2) is 7.42.